The first-order valence-corrected chi connectivity index (χ1v) is 7.25. The van der Waals surface area contributed by atoms with Gasteiger partial charge in [-0.3, -0.25) is 4.79 Å². The number of amides is 1. The quantitative estimate of drug-likeness (QED) is 0.918. The highest BCUT2D eigenvalue weighted by atomic mass is 16.5. The second kappa shape index (κ2) is 6.75. The molecule has 1 aliphatic heterocycles. The predicted octanol–water partition coefficient (Wildman–Crippen LogP) is 2.36. The fourth-order valence-electron chi connectivity index (χ4n) is 2.70. The molecule has 0 bridgehead atoms. The number of carbonyl (C=O) groups excluding carboxylic acids is 1. The zero-order valence-electron chi connectivity index (χ0n) is 12.6. The Kier molecular flexibility index (Phi) is 5.01. The average molecular weight is 276 g/mol. The Morgan fingerprint density at radius 2 is 1.90 bits per heavy atom. The number of hydrogen-bond acceptors (Lipinski definition) is 3. The third kappa shape index (κ3) is 3.73. The number of hydrogen-bond donors (Lipinski definition) is 1. The van der Waals surface area contributed by atoms with Crippen molar-refractivity contribution in [2.45, 2.75) is 38.8 Å². The SMILES string of the molecule is COc1ccc([C@H](C)NC2CCN(C(C)=O)CC2)cc1. The topological polar surface area (TPSA) is 41.6 Å². The van der Waals surface area contributed by atoms with E-state index in [9.17, 15) is 4.79 Å². The molecule has 1 aliphatic rings. The molecular weight excluding hydrogens is 252 g/mol. The molecular formula is C16H24N2O2. The Morgan fingerprint density at radius 1 is 1.30 bits per heavy atom. The summed E-state index contributed by atoms with van der Waals surface area (Å²) in [6.45, 7) is 5.55. The van der Waals surface area contributed by atoms with Gasteiger partial charge in [-0.05, 0) is 37.5 Å². The van der Waals surface area contributed by atoms with Crippen LogP contribution in [0.25, 0.3) is 0 Å². The molecule has 1 fully saturated rings. The van der Waals surface area contributed by atoms with E-state index in [1.807, 2.05) is 17.0 Å². The number of benzene rings is 1. The molecule has 1 saturated heterocycles. The lowest BCUT2D eigenvalue weighted by molar-refractivity contribution is -0.129. The first kappa shape index (κ1) is 14.9. The summed E-state index contributed by atoms with van der Waals surface area (Å²) >= 11 is 0. The van der Waals surface area contributed by atoms with Crippen molar-refractivity contribution < 1.29 is 9.53 Å². The van der Waals surface area contributed by atoms with E-state index in [2.05, 4.69) is 24.4 Å². The monoisotopic (exact) mass is 276 g/mol. The number of rotatable bonds is 4. The van der Waals surface area contributed by atoms with Gasteiger partial charge in [0.2, 0.25) is 5.91 Å². The van der Waals surface area contributed by atoms with Gasteiger partial charge in [0, 0.05) is 32.1 Å². The van der Waals surface area contributed by atoms with Crippen molar-refractivity contribution in [2.75, 3.05) is 20.2 Å². The van der Waals surface area contributed by atoms with Gasteiger partial charge in [-0.25, -0.2) is 0 Å². The molecule has 4 nitrogen and oxygen atoms in total. The molecule has 110 valence electrons. The van der Waals surface area contributed by atoms with E-state index in [0.29, 0.717) is 12.1 Å². The van der Waals surface area contributed by atoms with Crippen LogP contribution in [0.5, 0.6) is 5.75 Å². The molecule has 4 heteroatoms. The fraction of sp³-hybridized carbons (Fsp3) is 0.562. The summed E-state index contributed by atoms with van der Waals surface area (Å²) in [7, 11) is 1.68. The van der Waals surface area contributed by atoms with Gasteiger partial charge >= 0.3 is 0 Å². The lowest BCUT2D eigenvalue weighted by Crippen LogP contribution is -2.44. The lowest BCUT2D eigenvalue weighted by Gasteiger charge is -2.33. The van der Waals surface area contributed by atoms with Gasteiger partial charge in [0.25, 0.3) is 0 Å². The van der Waals surface area contributed by atoms with Gasteiger partial charge in [-0.1, -0.05) is 12.1 Å². The van der Waals surface area contributed by atoms with Crippen LogP contribution in [-0.2, 0) is 4.79 Å². The summed E-state index contributed by atoms with van der Waals surface area (Å²) in [6.07, 6.45) is 2.06. The molecule has 2 rings (SSSR count). The standard InChI is InChI=1S/C16H24N2O2/c1-12(14-4-6-16(20-3)7-5-14)17-15-8-10-18(11-9-15)13(2)19/h4-7,12,15,17H,8-11H2,1-3H3/t12-/m0/s1. The first-order valence-electron chi connectivity index (χ1n) is 7.25. The summed E-state index contributed by atoms with van der Waals surface area (Å²) in [4.78, 5) is 13.2. The Bertz CT molecular complexity index is 436. The largest absolute Gasteiger partial charge is 0.497 e. The highest BCUT2D eigenvalue weighted by Crippen LogP contribution is 2.20. The van der Waals surface area contributed by atoms with Crippen molar-refractivity contribution in [3.05, 3.63) is 29.8 Å². The average Bonchev–Trinajstić information content (AvgIpc) is 2.48. The number of likely N-dealkylation sites (tertiary alicyclic amines) is 1. The second-order valence-electron chi connectivity index (χ2n) is 5.44. The second-order valence-corrected chi connectivity index (χ2v) is 5.44. The smallest absolute Gasteiger partial charge is 0.219 e. The van der Waals surface area contributed by atoms with Gasteiger partial charge in [0.05, 0.1) is 7.11 Å². The van der Waals surface area contributed by atoms with Gasteiger partial charge in [-0.15, -0.1) is 0 Å². The summed E-state index contributed by atoms with van der Waals surface area (Å²) in [5.41, 5.74) is 1.26. The molecule has 20 heavy (non-hydrogen) atoms. The van der Waals surface area contributed by atoms with Gasteiger partial charge in [-0.2, -0.15) is 0 Å². The zero-order chi connectivity index (χ0) is 14.5. The number of nitrogens with zero attached hydrogens (tertiary/aromatic N) is 1. The Labute approximate surface area is 121 Å². The molecule has 0 spiro atoms. The molecule has 0 aromatic heterocycles. The summed E-state index contributed by atoms with van der Waals surface area (Å²) < 4.78 is 5.18. The molecule has 1 N–H and O–H groups in total. The van der Waals surface area contributed by atoms with E-state index in [0.717, 1.165) is 31.7 Å². The maximum atomic E-state index is 11.3. The van der Waals surface area contributed by atoms with Crippen LogP contribution in [0, 0.1) is 0 Å². The van der Waals surface area contributed by atoms with Crippen LogP contribution in [-0.4, -0.2) is 37.0 Å². The van der Waals surface area contributed by atoms with Crippen LogP contribution >= 0.6 is 0 Å². The number of ether oxygens (including phenoxy) is 1. The van der Waals surface area contributed by atoms with Crippen molar-refractivity contribution in [1.29, 1.82) is 0 Å². The lowest BCUT2D eigenvalue weighted by atomic mass is 10.0. The van der Waals surface area contributed by atoms with E-state index < -0.39 is 0 Å². The number of carbonyl (C=O) groups is 1. The maximum absolute atomic E-state index is 11.3. The Morgan fingerprint density at radius 3 is 2.40 bits per heavy atom. The fourth-order valence-corrected chi connectivity index (χ4v) is 2.70. The highest BCUT2D eigenvalue weighted by molar-refractivity contribution is 5.73. The van der Waals surface area contributed by atoms with E-state index in [1.54, 1.807) is 14.0 Å². The van der Waals surface area contributed by atoms with Crippen LogP contribution in [0.4, 0.5) is 0 Å². The van der Waals surface area contributed by atoms with Crippen LogP contribution in [0.2, 0.25) is 0 Å². The van der Waals surface area contributed by atoms with Gasteiger partial charge < -0.3 is 15.0 Å². The normalized spacial score (nSPS) is 17.9. The summed E-state index contributed by atoms with van der Waals surface area (Å²) in [5, 5.41) is 3.65. The molecule has 1 heterocycles. The van der Waals surface area contributed by atoms with E-state index in [1.165, 1.54) is 5.56 Å². The van der Waals surface area contributed by atoms with Crippen molar-refractivity contribution in [3.63, 3.8) is 0 Å². The molecule has 0 aliphatic carbocycles. The molecule has 1 atom stereocenters. The maximum Gasteiger partial charge on any atom is 0.219 e. The van der Waals surface area contributed by atoms with Crippen LogP contribution in [0.15, 0.2) is 24.3 Å². The molecule has 1 aromatic rings. The summed E-state index contributed by atoms with van der Waals surface area (Å²) in [6, 6.07) is 8.98. The zero-order valence-corrected chi connectivity index (χ0v) is 12.6. The number of piperidine rings is 1. The minimum absolute atomic E-state index is 0.187. The van der Waals surface area contributed by atoms with Crippen LogP contribution in [0.1, 0.15) is 38.3 Å². The Hall–Kier alpha value is -1.55. The third-order valence-electron chi connectivity index (χ3n) is 4.04. The molecule has 1 aromatic carbocycles. The number of methoxy groups -OCH3 is 1. The van der Waals surface area contributed by atoms with Crippen molar-refractivity contribution in [1.82, 2.24) is 10.2 Å². The Balaban J connectivity index is 1.85. The molecule has 0 unspecified atom stereocenters. The molecule has 0 saturated carbocycles. The van der Waals surface area contributed by atoms with E-state index in [4.69, 9.17) is 4.74 Å². The highest BCUT2D eigenvalue weighted by Gasteiger charge is 2.21. The predicted molar refractivity (Wildman–Crippen MR) is 79.8 cm³/mol. The third-order valence-corrected chi connectivity index (χ3v) is 4.04. The minimum atomic E-state index is 0.187. The minimum Gasteiger partial charge on any atom is -0.497 e. The van der Waals surface area contributed by atoms with Crippen molar-refractivity contribution in [3.8, 4) is 5.75 Å². The number of nitrogens with one attached hydrogen (secondary N) is 1. The molecule has 0 radical (unpaired) electrons. The van der Waals surface area contributed by atoms with E-state index in [-0.39, 0.29) is 5.91 Å². The van der Waals surface area contributed by atoms with Gasteiger partial charge in [0.1, 0.15) is 5.75 Å². The van der Waals surface area contributed by atoms with Gasteiger partial charge in [0.15, 0.2) is 0 Å². The van der Waals surface area contributed by atoms with Crippen molar-refractivity contribution >= 4 is 5.91 Å². The van der Waals surface area contributed by atoms with Crippen LogP contribution in [0.3, 0.4) is 0 Å². The van der Waals surface area contributed by atoms with E-state index >= 15 is 0 Å². The summed E-state index contributed by atoms with van der Waals surface area (Å²) in [5.74, 6) is 1.07. The van der Waals surface area contributed by atoms with Crippen molar-refractivity contribution in [2.24, 2.45) is 0 Å². The molecule has 1 amide bonds. The van der Waals surface area contributed by atoms with Crippen LogP contribution < -0.4 is 10.1 Å². The first-order chi connectivity index (χ1) is 9.60.